The monoisotopic (exact) mass is 637 g/mol. The Balaban J connectivity index is 1.51. The Hall–Kier alpha value is -3.07. The quantitative estimate of drug-likeness (QED) is 0.221. The number of rotatable bonds is 13. The van der Waals surface area contributed by atoms with Crippen LogP contribution in [0.15, 0.2) is 23.2 Å². The number of hydrogen-bond donors (Lipinski definition) is 1. The predicted octanol–water partition coefficient (Wildman–Crippen LogP) is 3.74. The zero-order valence-electron chi connectivity index (χ0n) is 23.9. The van der Waals surface area contributed by atoms with Gasteiger partial charge in [-0.1, -0.05) is 11.3 Å². The van der Waals surface area contributed by atoms with Gasteiger partial charge in [0, 0.05) is 18.0 Å². The van der Waals surface area contributed by atoms with Gasteiger partial charge in [-0.2, -0.15) is 4.99 Å². The average molecular weight is 638 g/mol. The number of thiophene rings is 1. The number of nitrogens with one attached hydrogen (secondary N) is 1. The Bertz CT molecular complexity index is 1640. The summed E-state index contributed by atoms with van der Waals surface area (Å²) in [4.78, 5) is 43.7. The SMILES string of the molecule is CCOCCn1c(=NC(=O)CS(=O)(=O)CC(=O)Nc2sc3c(c2C(=O)OCC)CCCC3)sc2cc(OCC)ccc21. The number of carbonyl (C=O) groups is 3. The minimum absolute atomic E-state index is 0.177. The summed E-state index contributed by atoms with van der Waals surface area (Å²) in [6, 6.07) is 5.53. The highest BCUT2D eigenvalue weighted by Gasteiger charge is 2.29. The number of sulfone groups is 1. The summed E-state index contributed by atoms with van der Waals surface area (Å²) in [5.74, 6) is -3.44. The number of carbonyl (C=O) groups excluding carboxylic acids is 3. The van der Waals surface area contributed by atoms with E-state index in [1.54, 1.807) is 11.5 Å². The molecule has 2 heterocycles. The molecule has 1 aliphatic carbocycles. The van der Waals surface area contributed by atoms with Crippen LogP contribution in [0.25, 0.3) is 10.2 Å². The van der Waals surface area contributed by atoms with Gasteiger partial charge in [0.25, 0.3) is 5.91 Å². The van der Waals surface area contributed by atoms with E-state index in [1.165, 1.54) is 22.7 Å². The van der Waals surface area contributed by atoms with Crippen LogP contribution in [0.5, 0.6) is 5.75 Å². The van der Waals surface area contributed by atoms with Gasteiger partial charge < -0.3 is 24.1 Å². The van der Waals surface area contributed by atoms with E-state index in [4.69, 9.17) is 14.2 Å². The van der Waals surface area contributed by atoms with Crippen molar-refractivity contribution >= 4 is 65.5 Å². The van der Waals surface area contributed by atoms with Crippen LogP contribution in [0.3, 0.4) is 0 Å². The van der Waals surface area contributed by atoms with Crippen molar-refractivity contribution in [2.75, 3.05) is 43.3 Å². The molecular formula is C28H35N3O8S3. The van der Waals surface area contributed by atoms with E-state index in [-0.39, 0.29) is 11.6 Å². The van der Waals surface area contributed by atoms with E-state index in [0.29, 0.717) is 48.9 Å². The first-order valence-corrected chi connectivity index (χ1v) is 17.3. The first-order valence-electron chi connectivity index (χ1n) is 13.9. The van der Waals surface area contributed by atoms with Crippen molar-refractivity contribution in [3.63, 3.8) is 0 Å². The summed E-state index contributed by atoms with van der Waals surface area (Å²) >= 11 is 2.50. The van der Waals surface area contributed by atoms with E-state index in [0.717, 1.165) is 39.9 Å². The van der Waals surface area contributed by atoms with Crippen molar-refractivity contribution in [2.45, 2.75) is 53.0 Å². The second-order valence-corrected chi connectivity index (χ2v) is 13.7. The minimum Gasteiger partial charge on any atom is -0.494 e. The summed E-state index contributed by atoms with van der Waals surface area (Å²) in [6.45, 7) is 7.46. The molecule has 1 aromatic carbocycles. The second-order valence-electron chi connectivity index (χ2n) is 9.52. The van der Waals surface area contributed by atoms with E-state index >= 15 is 0 Å². The molecule has 1 N–H and O–H groups in total. The second kappa shape index (κ2) is 14.4. The van der Waals surface area contributed by atoms with Gasteiger partial charge in [0.1, 0.15) is 22.3 Å². The molecule has 228 valence electrons. The molecule has 0 radical (unpaired) electrons. The van der Waals surface area contributed by atoms with Gasteiger partial charge in [0.15, 0.2) is 14.6 Å². The van der Waals surface area contributed by atoms with E-state index in [1.807, 2.05) is 32.0 Å². The fraction of sp³-hybridized carbons (Fsp3) is 0.500. The van der Waals surface area contributed by atoms with Crippen molar-refractivity contribution < 1.29 is 37.0 Å². The maximum atomic E-state index is 12.9. The van der Waals surface area contributed by atoms with Crippen LogP contribution < -0.4 is 14.9 Å². The molecule has 3 aromatic rings. The van der Waals surface area contributed by atoms with Crippen LogP contribution in [0.1, 0.15) is 54.4 Å². The summed E-state index contributed by atoms with van der Waals surface area (Å²) in [7, 11) is -4.16. The lowest BCUT2D eigenvalue weighted by molar-refractivity contribution is -0.115. The molecule has 2 aromatic heterocycles. The minimum atomic E-state index is -4.16. The number of benzene rings is 1. The highest BCUT2D eigenvalue weighted by molar-refractivity contribution is 7.92. The fourth-order valence-corrected chi connectivity index (χ4v) is 8.14. The number of fused-ring (bicyclic) bond motifs is 2. The van der Waals surface area contributed by atoms with Crippen LogP contribution in [0, 0.1) is 0 Å². The number of aromatic nitrogens is 1. The van der Waals surface area contributed by atoms with Gasteiger partial charge >= 0.3 is 5.97 Å². The third-order valence-electron chi connectivity index (χ3n) is 6.45. The van der Waals surface area contributed by atoms with Crippen molar-refractivity contribution in [2.24, 2.45) is 4.99 Å². The molecule has 0 atom stereocenters. The number of esters is 1. The van der Waals surface area contributed by atoms with E-state index in [9.17, 15) is 22.8 Å². The molecule has 4 rings (SSSR count). The Morgan fingerprint density at radius 1 is 1.02 bits per heavy atom. The number of amides is 2. The van der Waals surface area contributed by atoms with Crippen LogP contribution >= 0.6 is 22.7 Å². The Labute approximate surface area is 252 Å². The van der Waals surface area contributed by atoms with Gasteiger partial charge in [0.2, 0.25) is 5.91 Å². The maximum absolute atomic E-state index is 12.9. The number of aryl methyl sites for hydroxylation is 1. The average Bonchev–Trinajstić information content (AvgIpc) is 3.45. The summed E-state index contributed by atoms with van der Waals surface area (Å²) in [5.41, 5.74) is 1.96. The largest absolute Gasteiger partial charge is 0.494 e. The maximum Gasteiger partial charge on any atom is 0.341 e. The zero-order valence-corrected chi connectivity index (χ0v) is 26.3. The van der Waals surface area contributed by atoms with Crippen LogP contribution in [-0.2, 0) is 48.3 Å². The Kier molecular flexibility index (Phi) is 10.9. The van der Waals surface area contributed by atoms with Crippen LogP contribution in [0.4, 0.5) is 5.00 Å². The van der Waals surface area contributed by atoms with Crippen molar-refractivity contribution in [1.82, 2.24) is 4.57 Å². The Morgan fingerprint density at radius 3 is 2.55 bits per heavy atom. The van der Waals surface area contributed by atoms with Crippen molar-refractivity contribution in [1.29, 1.82) is 0 Å². The van der Waals surface area contributed by atoms with Gasteiger partial charge in [-0.05, 0) is 70.2 Å². The lowest BCUT2D eigenvalue weighted by atomic mass is 9.95. The van der Waals surface area contributed by atoms with Crippen molar-refractivity contribution in [3.8, 4) is 5.75 Å². The lowest BCUT2D eigenvalue weighted by Crippen LogP contribution is -2.28. The Morgan fingerprint density at radius 2 is 1.81 bits per heavy atom. The number of anilines is 1. The smallest absolute Gasteiger partial charge is 0.341 e. The molecule has 1 aliphatic rings. The summed E-state index contributed by atoms with van der Waals surface area (Å²) in [5, 5.41) is 2.87. The molecule has 14 heteroatoms. The van der Waals surface area contributed by atoms with Gasteiger partial charge in [-0.25, -0.2) is 13.2 Å². The number of hydrogen-bond acceptors (Lipinski definition) is 10. The van der Waals surface area contributed by atoms with Crippen LogP contribution in [-0.4, -0.2) is 68.7 Å². The van der Waals surface area contributed by atoms with Gasteiger partial charge in [0.05, 0.1) is 35.6 Å². The molecule has 2 amide bonds. The topological polar surface area (TPSA) is 142 Å². The molecular weight excluding hydrogens is 603 g/mol. The zero-order chi connectivity index (χ0) is 30.3. The van der Waals surface area contributed by atoms with Crippen LogP contribution in [0.2, 0.25) is 0 Å². The predicted molar refractivity (Wildman–Crippen MR) is 162 cm³/mol. The molecule has 0 saturated carbocycles. The molecule has 11 nitrogen and oxygen atoms in total. The van der Waals surface area contributed by atoms with E-state index < -0.39 is 39.1 Å². The lowest BCUT2D eigenvalue weighted by Gasteiger charge is -2.12. The first kappa shape index (κ1) is 31.9. The molecule has 0 bridgehead atoms. The third-order valence-corrected chi connectivity index (χ3v) is 10.1. The summed E-state index contributed by atoms with van der Waals surface area (Å²) < 4.78 is 44.6. The van der Waals surface area contributed by atoms with E-state index in [2.05, 4.69) is 10.3 Å². The molecule has 0 saturated heterocycles. The number of ether oxygens (including phenoxy) is 3. The normalized spacial score (nSPS) is 13.6. The fourth-order valence-electron chi connectivity index (χ4n) is 4.73. The third kappa shape index (κ3) is 7.85. The molecule has 0 spiro atoms. The number of nitrogens with zero attached hydrogens (tertiary/aromatic N) is 2. The standard InChI is InChI=1S/C28H35N3O8S3/c1-4-37-14-13-31-20-12-11-18(38-5-2)15-22(20)41-28(31)30-24(33)17-42(35,36)16-23(32)29-26-25(27(34)39-6-3)19-9-7-8-10-21(19)40-26/h11-12,15H,4-10,13-14,16-17H2,1-3H3,(H,29,32). The first-order chi connectivity index (χ1) is 20.2. The number of thiazole rings is 1. The highest BCUT2D eigenvalue weighted by atomic mass is 32.2. The summed E-state index contributed by atoms with van der Waals surface area (Å²) in [6.07, 6.45) is 3.37. The molecule has 42 heavy (non-hydrogen) atoms. The molecule has 0 aliphatic heterocycles. The molecule has 0 unspecified atom stereocenters. The van der Waals surface area contributed by atoms with Crippen molar-refractivity contribution in [3.05, 3.63) is 39.0 Å². The highest BCUT2D eigenvalue weighted by Crippen LogP contribution is 2.38. The van der Waals surface area contributed by atoms with Gasteiger partial charge in [-0.15, -0.1) is 11.3 Å². The molecule has 0 fully saturated rings. The van der Waals surface area contributed by atoms with Gasteiger partial charge in [-0.3, -0.25) is 9.59 Å².